The number of esters is 4. The van der Waals surface area contributed by atoms with Crippen molar-refractivity contribution < 1.29 is 42.9 Å². The Labute approximate surface area is 246 Å². The second kappa shape index (κ2) is 13.0. The topological polar surface area (TPSA) is 118 Å². The van der Waals surface area contributed by atoms with Gasteiger partial charge in [0.25, 0.3) is 0 Å². The van der Waals surface area contributed by atoms with Gasteiger partial charge in [-0.1, -0.05) is 6.42 Å². The number of rotatable bonds is 6. The fraction of sp³-hybridized carbons (Fsp3) is 0.871. The molecule has 41 heavy (non-hydrogen) atoms. The number of carbonyl (C=O) groups excluding carboxylic acids is 4. The van der Waals surface area contributed by atoms with Crippen LogP contribution in [-0.4, -0.2) is 79.1 Å². The van der Waals surface area contributed by atoms with Crippen molar-refractivity contribution in [3.63, 3.8) is 0 Å². The summed E-state index contributed by atoms with van der Waals surface area (Å²) in [5.74, 6) is -2.09. The van der Waals surface area contributed by atoms with Gasteiger partial charge in [-0.2, -0.15) is 0 Å². The van der Waals surface area contributed by atoms with Gasteiger partial charge in [0.1, 0.15) is 12.7 Å². The van der Waals surface area contributed by atoms with Crippen LogP contribution in [0.3, 0.4) is 0 Å². The molecule has 0 saturated carbocycles. The lowest BCUT2D eigenvalue weighted by Crippen LogP contribution is -2.67. The van der Waals surface area contributed by atoms with Gasteiger partial charge in [-0.25, -0.2) is 0 Å². The number of likely N-dealkylation sites (tertiary alicyclic amines) is 1. The van der Waals surface area contributed by atoms with E-state index < -0.39 is 76.2 Å². The summed E-state index contributed by atoms with van der Waals surface area (Å²) in [4.78, 5) is 54.6. The van der Waals surface area contributed by atoms with E-state index >= 15 is 0 Å². The van der Waals surface area contributed by atoms with Crippen LogP contribution in [0.1, 0.15) is 102 Å². The Morgan fingerprint density at radius 2 is 0.976 bits per heavy atom. The third-order valence-corrected chi connectivity index (χ3v) is 6.92. The van der Waals surface area contributed by atoms with E-state index in [2.05, 4.69) is 4.90 Å². The van der Waals surface area contributed by atoms with Crippen molar-refractivity contribution in [2.75, 3.05) is 19.7 Å². The van der Waals surface area contributed by atoms with Crippen molar-refractivity contribution in [2.45, 2.75) is 133 Å². The summed E-state index contributed by atoms with van der Waals surface area (Å²) >= 11 is 0. The molecule has 2 heterocycles. The molecule has 0 aliphatic carbocycles. The normalized spacial score (nSPS) is 26.6. The first-order valence-corrected chi connectivity index (χ1v) is 14.7. The zero-order valence-corrected chi connectivity index (χ0v) is 27.3. The maximum Gasteiger partial charge on any atom is 0.311 e. The van der Waals surface area contributed by atoms with Crippen LogP contribution in [0.2, 0.25) is 0 Å². The molecule has 2 rings (SSSR count). The van der Waals surface area contributed by atoms with E-state index in [9.17, 15) is 19.2 Å². The van der Waals surface area contributed by atoms with E-state index in [-0.39, 0.29) is 6.61 Å². The molecule has 2 aliphatic heterocycles. The number of carbonyl (C=O) groups is 4. The van der Waals surface area contributed by atoms with Crippen LogP contribution in [0.5, 0.6) is 0 Å². The van der Waals surface area contributed by atoms with E-state index in [1.54, 1.807) is 83.1 Å². The van der Waals surface area contributed by atoms with Crippen molar-refractivity contribution in [1.82, 2.24) is 4.90 Å². The van der Waals surface area contributed by atoms with Crippen molar-refractivity contribution >= 4 is 23.9 Å². The Kier molecular flexibility index (Phi) is 11.1. The smallest absolute Gasteiger partial charge is 0.311 e. The van der Waals surface area contributed by atoms with Gasteiger partial charge in [0.05, 0.1) is 21.7 Å². The van der Waals surface area contributed by atoms with Crippen LogP contribution in [0, 0.1) is 21.7 Å². The monoisotopic (exact) mass is 583 g/mol. The predicted octanol–water partition coefficient (Wildman–Crippen LogP) is 4.66. The third kappa shape index (κ3) is 9.66. The Morgan fingerprint density at radius 1 is 0.585 bits per heavy atom. The molecule has 0 spiro atoms. The molecule has 0 amide bonds. The van der Waals surface area contributed by atoms with Gasteiger partial charge in [-0.15, -0.1) is 0 Å². The molecule has 0 bridgehead atoms. The highest BCUT2D eigenvalue weighted by molar-refractivity contribution is 5.78. The molecular formula is C31H53NO9. The molecule has 10 heteroatoms. The maximum atomic E-state index is 13.3. The Balaban J connectivity index is 2.66. The molecule has 5 atom stereocenters. The zero-order valence-electron chi connectivity index (χ0n) is 27.3. The van der Waals surface area contributed by atoms with E-state index in [0.29, 0.717) is 13.1 Å². The van der Waals surface area contributed by atoms with Gasteiger partial charge in [-0.3, -0.25) is 24.1 Å². The van der Waals surface area contributed by atoms with Crippen LogP contribution in [0.15, 0.2) is 0 Å². The molecule has 0 aromatic rings. The van der Waals surface area contributed by atoms with E-state index in [1.165, 1.54) is 0 Å². The fourth-order valence-corrected chi connectivity index (χ4v) is 4.17. The summed E-state index contributed by atoms with van der Waals surface area (Å²) in [7, 11) is 0. The molecule has 236 valence electrons. The van der Waals surface area contributed by atoms with E-state index in [0.717, 1.165) is 19.3 Å². The average molecular weight is 584 g/mol. The van der Waals surface area contributed by atoms with Gasteiger partial charge in [0.15, 0.2) is 24.5 Å². The maximum absolute atomic E-state index is 13.3. The summed E-state index contributed by atoms with van der Waals surface area (Å²) in [5.41, 5.74) is -3.43. The molecule has 0 N–H and O–H groups in total. The average Bonchev–Trinajstić information content (AvgIpc) is 2.82. The minimum atomic E-state index is -1.21. The first kappa shape index (κ1) is 35.0. The molecule has 0 aromatic carbocycles. The zero-order chi connectivity index (χ0) is 31.6. The van der Waals surface area contributed by atoms with Gasteiger partial charge in [0, 0.05) is 13.1 Å². The molecular weight excluding hydrogens is 530 g/mol. The molecule has 0 unspecified atom stereocenters. The highest BCUT2D eigenvalue weighted by Gasteiger charge is 2.56. The summed E-state index contributed by atoms with van der Waals surface area (Å²) < 4.78 is 30.4. The van der Waals surface area contributed by atoms with Crippen LogP contribution < -0.4 is 0 Å². The van der Waals surface area contributed by atoms with Crippen molar-refractivity contribution in [1.29, 1.82) is 0 Å². The lowest BCUT2D eigenvalue weighted by molar-refractivity contribution is -0.285. The summed E-state index contributed by atoms with van der Waals surface area (Å²) in [5, 5.41) is 0. The van der Waals surface area contributed by atoms with Crippen molar-refractivity contribution in [3.8, 4) is 0 Å². The Hall–Kier alpha value is -2.20. The number of hydrogen-bond donors (Lipinski definition) is 0. The number of ether oxygens (including phenoxy) is 5. The van der Waals surface area contributed by atoms with Gasteiger partial charge < -0.3 is 23.7 Å². The molecule has 2 aliphatic rings. The standard InChI is InChI=1S/C31H53NO9/c1-28(2,3)24(33)37-18-19-20(39-25(34)29(4,5)6)21(40-26(35)30(7,8)9)22(41-27(36)31(10,11)12)23(38-19)32-16-14-13-15-17-32/h19-23H,13-18H2,1-12H3/t19-,20+,21+,22-,23-/m1/s1. The predicted molar refractivity (Wildman–Crippen MR) is 153 cm³/mol. The minimum Gasteiger partial charge on any atom is -0.462 e. The third-order valence-electron chi connectivity index (χ3n) is 6.92. The van der Waals surface area contributed by atoms with Crippen LogP contribution >= 0.6 is 0 Å². The highest BCUT2D eigenvalue weighted by atomic mass is 16.7. The highest BCUT2D eigenvalue weighted by Crippen LogP contribution is 2.36. The van der Waals surface area contributed by atoms with Crippen LogP contribution in [0.4, 0.5) is 0 Å². The molecule has 2 fully saturated rings. The van der Waals surface area contributed by atoms with Gasteiger partial charge in [-0.05, 0) is 95.9 Å². The molecule has 2 saturated heterocycles. The fourth-order valence-electron chi connectivity index (χ4n) is 4.17. The first-order valence-electron chi connectivity index (χ1n) is 14.7. The van der Waals surface area contributed by atoms with E-state index in [4.69, 9.17) is 23.7 Å². The van der Waals surface area contributed by atoms with Gasteiger partial charge in [0.2, 0.25) is 0 Å². The summed E-state index contributed by atoms with van der Waals surface area (Å²) in [6, 6.07) is 0. The summed E-state index contributed by atoms with van der Waals surface area (Å²) in [6.45, 7) is 21.8. The van der Waals surface area contributed by atoms with E-state index in [1.807, 2.05) is 0 Å². The second-order valence-corrected chi connectivity index (χ2v) is 15.4. The first-order chi connectivity index (χ1) is 18.5. The number of nitrogens with zero attached hydrogens (tertiary/aromatic N) is 1. The number of hydrogen-bond acceptors (Lipinski definition) is 10. The van der Waals surface area contributed by atoms with Crippen molar-refractivity contribution in [2.24, 2.45) is 21.7 Å². The lowest BCUT2D eigenvalue weighted by Gasteiger charge is -2.49. The number of piperidine rings is 1. The SMILES string of the molecule is CC(C)(C)C(=O)OC[C@H]1O[C@@H](N2CCCCC2)[C@H](OC(=O)C(C)(C)C)[C@@H](OC(=O)C(C)(C)C)[C@H]1OC(=O)C(C)(C)C. The molecule has 10 nitrogen and oxygen atoms in total. The summed E-state index contributed by atoms with van der Waals surface area (Å²) in [6.07, 6.45) is -2.44. The Bertz CT molecular complexity index is 943. The van der Waals surface area contributed by atoms with Crippen LogP contribution in [-0.2, 0) is 42.9 Å². The lowest BCUT2D eigenvalue weighted by atomic mass is 9.92. The molecule has 0 aromatic heterocycles. The van der Waals surface area contributed by atoms with Crippen LogP contribution in [0.25, 0.3) is 0 Å². The largest absolute Gasteiger partial charge is 0.462 e. The second-order valence-electron chi connectivity index (χ2n) is 15.4. The van der Waals surface area contributed by atoms with Gasteiger partial charge >= 0.3 is 23.9 Å². The quantitative estimate of drug-likeness (QED) is 0.323. The van der Waals surface area contributed by atoms with Crippen molar-refractivity contribution in [3.05, 3.63) is 0 Å². The minimum absolute atomic E-state index is 0.244. The molecule has 0 radical (unpaired) electrons. The Morgan fingerprint density at radius 3 is 1.39 bits per heavy atom.